The highest BCUT2D eigenvalue weighted by Crippen LogP contribution is 2.21. The van der Waals surface area contributed by atoms with Crippen molar-refractivity contribution in [3.8, 4) is 0 Å². The second kappa shape index (κ2) is 4.44. The quantitative estimate of drug-likeness (QED) is 0.751. The molecule has 0 radical (unpaired) electrons. The van der Waals surface area contributed by atoms with Crippen molar-refractivity contribution in [2.75, 3.05) is 5.32 Å². The Balaban J connectivity index is 3.04. The van der Waals surface area contributed by atoms with Crippen molar-refractivity contribution < 1.29 is 27.9 Å². The van der Waals surface area contributed by atoms with Gasteiger partial charge in [-0.25, -0.2) is 4.79 Å². The lowest BCUT2D eigenvalue weighted by Gasteiger charge is -2.06. The van der Waals surface area contributed by atoms with Gasteiger partial charge in [0.15, 0.2) is 5.82 Å². The lowest BCUT2D eigenvalue weighted by molar-refractivity contribution is -0.167. The largest absolute Gasteiger partial charge is 0.477 e. The smallest absolute Gasteiger partial charge is 0.471 e. The minimum atomic E-state index is -5.10. The summed E-state index contributed by atoms with van der Waals surface area (Å²) in [4.78, 5) is 21.4. The number of anilines is 1. The maximum atomic E-state index is 12.0. The number of H-pyrrole nitrogens is 1. The molecule has 17 heavy (non-hydrogen) atoms. The number of carbonyl (C=O) groups excluding carboxylic acids is 1. The number of carbonyl (C=O) groups is 2. The Labute approximate surface area is 92.8 Å². The number of nitrogens with one attached hydrogen (secondary N) is 2. The summed E-state index contributed by atoms with van der Waals surface area (Å²) in [6.45, 7) is 1.59. The zero-order chi connectivity index (χ0) is 13.2. The molecule has 1 rings (SSSR count). The van der Waals surface area contributed by atoms with Crippen molar-refractivity contribution in [2.45, 2.75) is 19.5 Å². The van der Waals surface area contributed by atoms with E-state index >= 15 is 0 Å². The van der Waals surface area contributed by atoms with Gasteiger partial charge < -0.3 is 10.4 Å². The summed E-state index contributed by atoms with van der Waals surface area (Å²) in [6.07, 6.45) is -4.86. The summed E-state index contributed by atoms with van der Waals surface area (Å²) in [5, 5.41) is 15.8. The molecule has 1 amide bonds. The van der Waals surface area contributed by atoms with E-state index in [1.165, 1.54) is 5.32 Å². The molecule has 0 bridgehead atoms. The molecule has 0 fully saturated rings. The van der Waals surface area contributed by atoms with Gasteiger partial charge >= 0.3 is 18.1 Å². The van der Waals surface area contributed by atoms with Gasteiger partial charge in [-0.15, -0.1) is 0 Å². The highest BCUT2D eigenvalue weighted by Gasteiger charge is 2.40. The Kier molecular flexibility index (Phi) is 3.39. The van der Waals surface area contributed by atoms with Gasteiger partial charge in [0.2, 0.25) is 0 Å². The molecule has 1 aromatic rings. The number of nitrogens with zero attached hydrogens (tertiary/aromatic N) is 1. The monoisotopic (exact) mass is 251 g/mol. The minimum Gasteiger partial charge on any atom is -0.477 e. The first kappa shape index (κ1) is 13.0. The second-order valence-electron chi connectivity index (χ2n) is 3.04. The highest BCUT2D eigenvalue weighted by atomic mass is 19.4. The number of alkyl halides is 3. The minimum absolute atomic E-state index is 0.134. The standard InChI is InChI=1S/C8H8F3N3O3/c1-2-3-4(6(15)16)5(14-13-3)12-7(17)8(9,10)11/h2H2,1H3,(H,15,16)(H2,12,13,14,17). The van der Waals surface area contributed by atoms with Gasteiger partial charge in [-0.2, -0.15) is 18.3 Å². The van der Waals surface area contributed by atoms with Gasteiger partial charge in [-0.3, -0.25) is 9.89 Å². The zero-order valence-corrected chi connectivity index (χ0v) is 8.55. The van der Waals surface area contributed by atoms with Crippen molar-refractivity contribution in [3.63, 3.8) is 0 Å². The Bertz CT molecular complexity index is 453. The number of carboxylic acids is 1. The van der Waals surface area contributed by atoms with Crippen LogP contribution in [0.4, 0.5) is 19.0 Å². The molecule has 0 aliphatic carbocycles. The van der Waals surface area contributed by atoms with Crippen LogP contribution < -0.4 is 5.32 Å². The van der Waals surface area contributed by atoms with Crippen LogP contribution in [0.2, 0.25) is 0 Å². The summed E-state index contributed by atoms with van der Waals surface area (Å²) < 4.78 is 35.9. The summed E-state index contributed by atoms with van der Waals surface area (Å²) in [5.41, 5.74) is -0.333. The Morgan fingerprint density at radius 2 is 2.06 bits per heavy atom. The second-order valence-corrected chi connectivity index (χ2v) is 3.04. The van der Waals surface area contributed by atoms with E-state index in [4.69, 9.17) is 5.11 Å². The van der Waals surface area contributed by atoms with Crippen molar-refractivity contribution in [1.82, 2.24) is 10.2 Å². The maximum Gasteiger partial charge on any atom is 0.471 e. The predicted molar refractivity (Wildman–Crippen MR) is 49.6 cm³/mol. The molecular formula is C8H8F3N3O3. The van der Waals surface area contributed by atoms with E-state index in [1.807, 2.05) is 0 Å². The number of aromatic amines is 1. The third-order valence-corrected chi connectivity index (χ3v) is 1.90. The number of aryl methyl sites for hydroxylation is 1. The van der Waals surface area contributed by atoms with Crippen LogP contribution >= 0.6 is 0 Å². The number of aromatic carboxylic acids is 1. The molecule has 0 saturated heterocycles. The van der Waals surface area contributed by atoms with Crippen LogP contribution in [-0.2, 0) is 11.2 Å². The molecule has 9 heteroatoms. The third kappa shape index (κ3) is 2.74. The number of halogens is 3. The Morgan fingerprint density at radius 1 is 1.47 bits per heavy atom. The fraction of sp³-hybridized carbons (Fsp3) is 0.375. The van der Waals surface area contributed by atoms with E-state index < -0.39 is 29.4 Å². The Morgan fingerprint density at radius 3 is 2.47 bits per heavy atom. The van der Waals surface area contributed by atoms with E-state index in [2.05, 4.69) is 10.2 Å². The first-order valence-electron chi connectivity index (χ1n) is 4.46. The average Bonchev–Trinajstić information content (AvgIpc) is 2.59. The van der Waals surface area contributed by atoms with E-state index in [9.17, 15) is 22.8 Å². The number of hydrogen-bond acceptors (Lipinski definition) is 3. The molecule has 3 N–H and O–H groups in total. The van der Waals surface area contributed by atoms with Crippen LogP contribution in [0.1, 0.15) is 23.0 Å². The first-order valence-corrected chi connectivity index (χ1v) is 4.46. The number of amides is 1. The van der Waals surface area contributed by atoms with Crippen molar-refractivity contribution in [3.05, 3.63) is 11.3 Å². The molecule has 0 unspecified atom stereocenters. The number of aromatic nitrogens is 2. The topological polar surface area (TPSA) is 95.1 Å². The number of carboxylic acid groups (broad SMARTS) is 1. The lowest BCUT2D eigenvalue weighted by atomic mass is 10.2. The van der Waals surface area contributed by atoms with Gasteiger partial charge in [-0.1, -0.05) is 6.92 Å². The summed E-state index contributed by atoms with van der Waals surface area (Å²) in [6, 6.07) is 0. The van der Waals surface area contributed by atoms with Crippen LogP contribution in [0.15, 0.2) is 0 Å². The van der Waals surface area contributed by atoms with Crippen molar-refractivity contribution >= 4 is 17.7 Å². The lowest BCUT2D eigenvalue weighted by Crippen LogP contribution is -2.30. The highest BCUT2D eigenvalue weighted by molar-refractivity contribution is 6.01. The SMILES string of the molecule is CCc1[nH]nc(NC(=O)C(F)(F)F)c1C(=O)O. The van der Waals surface area contributed by atoms with Crippen LogP contribution in [-0.4, -0.2) is 33.4 Å². The number of rotatable bonds is 3. The Hall–Kier alpha value is -2.06. The van der Waals surface area contributed by atoms with E-state index in [0.717, 1.165) is 0 Å². The zero-order valence-electron chi connectivity index (χ0n) is 8.55. The van der Waals surface area contributed by atoms with E-state index in [0.29, 0.717) is 0 Å². The van der Waals surface area contributed by atoms with Gasteiger partial charge in [-0.05, 0) is 6.42 Å². The molecule has 0 saturated carbocycles. The van der Waals surface area contributed by atoms with Gasteiger partial charge in [0.25, 0.3) is 0 Å². The van der Waals surface area contributed by atoms with Crippen LogP contribution in [0, 0.1) is 0 Å². The van der Waals surface area contributed by atoms with Crippen LogP contribution in [0.25, 0.3) is 0 Å². The van der Waals surface area contributed by atoms with Crippen molar-refractivity contribution in [1.29, 1.82) is 0 Å². The molecule has 94 valence electrons. The molecule has 0 aliphatic rings. The van der Waals surface area contributed by atoms with Gasteiger partial charge in [0.05, 0.1) is 5.69 Å². The predicted octanol–water partition coefficient (Wildman–Crippen LogP) is 1.17. The molecule has 0 spiro atoms. The maximum absolute atomic E-state index is 12.0. The molecule has 0 aromatic carbocycles. The van der Waals surface area contributed by atoms with Crippen LogP contribution in [0.3, 0.4) is 0 Å². The molecule has 0 aliphatic heterocycles. The molecule has 1 aromatic heterocycles. The molecule has 0 atom stereocenters. The molecular weight excluding hydrogens is 243 g/mol. The van der Waals surface area contributed by atoms with E-state index in [-0.39, 0.29) is 12.1 Å². The van der Waals surface area contributed by atoms with Gasteiger partial charge in [0.1, 0.15) is 5.56 Å². The summed E-state index contributed by atoms with van der Waals surface area (Å²) >= 11 is 0. The fourth-order valence-electron chi connectivity index (χ4n) is 1.13. The average molecular weight is 251 g/mol. The summed E-state index contributed by atoms with van der Waals surface area (Å²) in [5.74, 6) is -4.38. The van der Waals surface area contributed by atoms with Crippen molar-refractivity contribution in [2.24, 2.45) is 0 Å². The third-order valence-electron chi connectivity index (χ3n) is 1.90. The normalized spacial score (nSPS) is 11.3. The molecule has 1 heterocycles. The van der Waals surface area contributed by atoms with E-state index in [1.54, 1.807) is 6.92 Å². The molecule has 6 nitrogen and oxygen atoms in total. The number of hydrogen-bond donors (Lipinski definition) is 3. The summed E-state index contributed by atoms with van der Waals surface area (Å²) in [7, 11) is 0. The fourth-order valence-corrected chi connectivity index (χ4v) is 1.13. The first-order chi connectivity index (χ1) is 7.77. The van der Waals surface area contributed by atoms with Gasteiger partial charge in [0, 0.05) is 0 Å². The van der Waals surface area contributed by atoms with Crippen LogP contribution in [0.5, 0.6) is 0 Å².